The maximum atomic E-state index is 14.0. The number of allylic oxidation sites excluding steroid dienone is 2. The number of hydrogen-bond donors (Lipinski definition) is 5. The molecule has 16 heteroatoms. The van der Waals surface area contributed by atoms with Gasteiger partial charge < -0.3 is 50.1 Å². The lowest BCUT2D eigenvalue weighted by atomic mass is 9.47. The predicted octanol–water partition coefficient (Wildman–Crippen LogP) is 2.07. The minimum atomic E-state index is -1.60. The van der Waals surface area contributed by atoms with Crippen LogP contribution in [0.3, 0.4) is 0 Å². The second-order valence-corrected chi connectivity index (χ2v) is 17.2. The van der Waals surface area contributed by atoms with Gasteiger partial charge in [0.25, 0.3) is 0 Å². The van der Waals surface area contributed by atoms with Crippen molar-refractivity contribution in [1.29, 1.82) is 0 Å². The minimum absolute atomic E-state index is 0.00491. The zero-order valence-electron chi connectivity index (χ0n) is 31.5. The smallest absolute Gasteiger partial charge is 0.407 e. The van der Waals surface area contributed by atoms with Gasteiger partial charge in [-0.05, 0) is 56.4 Å². The largest absolute Gasteiger partial charge is 0.450 e. The average molecular weight is 777 g/mol. The monoisotopic (exact) mass is 776 g/mol. The maximum absolute atomic E-state index is 14.0. The molecule has 0 aromatic heterocycles. The van der Waals surface area contributed by atoms with E-state index in [1.54, 1.807) is 0 Å². The number of nitrogens with one attached hydrogen (secondary N) is 4. The van der Waals surface area contributed by atoms with Crippen LogP contribution in [-0.4, -0.2) is 133 Å². The summed E-state index contributed by atoms with van der Waals surface area (Å²) in [5, 5.41) is 22.7. The number of unbranched alkanes of at least 4 members (excludes halogenated alkanes) is 1. The first-order valence-corrected chi connectivity index (χ1v) is 21.0. The number of Topliss-reactive ketones (excluding diaryl/α,β-unsaturated/α-hetero) is 2. The summed E-state index contributed by atoms with van der Waals surface area (Å²) in [5.41, 5.74) is -1.52. The van der Waals surface area contributed by atoms with Crippen LogP contribution in [0, 0.1) is 11.3 Å². The molecule has 6 fully saturated rings. The Morgan fingerprint density at radius 3 is 2.37 bits per heavy atom. The summed E-state index contributed by atoms with van der Waals surface area (Å²) in [6.07, 6.45) is 5.48. The number of carbonyl (C=O) groups is 5. The lowest BCUT2D eigenvalue weighted by Gasteiger charge is -2.53. The summed E-state index contributed by atoms with van der Waals surface area (Å²) >= 11 is 1.89. The number of rotatable bonds is 16. The third-order valence-electron chi connectivity index (χ3n) is 12.9. The summed E-state index contributed by atoms with van der Waals surface area (Å²) in [4.78, 5) is 60.7. The first-order valence-electron chi connectivity index (χ1n) is 19.8. The van der Waals surface area contributed by atoms with E-state index in [9.17, 15) is 29.1 Å². The van der Waals surface area contributed by atoms with Crippen LogP contribution in [0.25, 0.3) is 0 Å². The molecule has 8 aliphatic rings. The Balaban J connectivity index is 0.000000433. The van der Waals surface area contributed by atoms with E-state index in [2.05, 4.69) is 28.2 Å². The highest BCUT2D eigenvalue weighted by Gasteiger charge is 2.94. The molecule has 9 unspecified atom stereocenters. The van der Waals surface area contributed by atoms with Crippen LogP contribution in [0.5, 0.6) is 0 Å². The topological polar surface area (TPSA) is 206 Å². The van der Waals surface area contributed by atoms with Crippen LogP contribution >= 0.6 is 11.8 Å². The lowest BCUT2D eigenvalue weighted by molar-refractivity contribution is -0.155. The molecule has 2 spiro atoms. The Labute approximate surface area is 320 Å². The number of carbonyl (C=O) groups excluding carboxylic acids is 5. The molecular formula is C38H56N4O11S. The van der Waals surface area contributed by atoms with Gasteiger partial charge in [0.2, 0.25) is 11.7 Å². The number of ketones is 2. The van der Waals surface area contributed by atoms with Crippen molar-refractivity contribution in [2.45, 2.75) is 126 Å². The van der Waals surface area contributed by atoms with Crippen molar-refractivity contribution in [2.24, 2.45) is 11.3 Å². The van der Waals surface area contributed by atoms with Crippen molar-refractivity contribution in [3.8, 4) is 0 Å². The van der Waals surface area contributed by atoms with E-state index in [-0.39, 0.29) is 73.0 Å². The van der Waals surface area contributed by atoms with Gasteiger partial charge in [0.05, 0.1) is 57.3 Å². The Morgan fingerprint density at radius 2 is 1.65 bits per heavy atom. The van der Waals surface area contributed by atoms with E-state index >= 15 is 0 Å². The molecule has 2 saturated carbocycles. The van der Waals surface area contributed by atoms with Crippen molar-refractivity contribution in [3.05, 3.63) is 11.1 Å². The predicted molar refractivity (Wildman–Crippen MR) is 196 cm³/mol. The molecule has 8 rings (SSSR count). The fraction of sp³-hybridized carbons (Fsp3) is 0.816. The van der Waals surface area contributed by atoms with Gasteiger partial charge in [0, 0.05) is 49.3 Å². The van der Waals surface area contributed by atoms with E-state index < -0.39 is 22.9 Å². The summed E-state index contributed by atoms with van der Waals surface area (Å²) in [6, 6.07) is 0.815. The summed E-state index contributed by atoms with van der Waals surface area (Å²) in [7, 11) is 0. The van der Waals surface area contributed by atoms with Gasteiger partial charge in [-0.25, -0.2) is 9.59 Å². The first-order chi connectivity index (χ1) is 26.0. The average Bonchev–Trinajstić information content (AvgIpc) is 3.89. The third kappa shape index (κ3) is 7.19. The number of urea groups is 1. The van der Waals surface area contributed by atoms with Crippen molar-refractivity contribution >= 4 is 41.4 Å². The molecular weight excluding hydrogens is 721 g/mol. The van der Waals surface area contributed by atoms with Crippen LogP contribution in [0.2, 0.25) is 0 Å². The Bertz CT molecular complexity index is 1520. The summed E-state index contributed by atoms with van der Waals surface area (Å²) in [5.74, 6) is 2.33. The second kappa shape index (κ2) is 16.0. The quantitative estimate of drug-likeness (QED) is 0.0868. The maximum Gasteiger partial charge on any atom is 0.407 e. The molecule has 0 bridgehead atoms. The number of aliphatic hydroxyl groups is 1. The van der Waals surface area contributed by atoms with Gasteiger partial charge in [-0.1, -0.05) is 25.8 Å². The van der Waals surface area contributed by atoms with E-state index in [1.165, 1.54) is 5.57 Å². The number of amides is 4. The van der Waals surface area contributed by atoms with Crippen molar-refractivity contribution < 1.29 is 52.8 Å². The van der Waals surface area contributed by atoms with E-state index in [1.807, 2.05) is 18.7 Å². The first kappa shape index (κ1) is 39.5. The van der Waals surface area contributed by atoms with Gasteiger partial charge >= 0.3 is 12.1 Å². The highest BCUT2D eigenvalue weighted by molar-refractivity contribution is 7.99. The number of ether oxygens (including phenoxy) is 5. The summed E-state index contributed by atoms with van der Waals surface area (Å²) < 4.78 is 28.8. The molecule has 4 aliphatic heterocycles. The highest BCUT2D eigenvalue weighted by atomic mass is 32.2. The minimum Gasteiger partial charge on any atom is -0.450 e. The Hall–Kier alpha value is -2.76. The standard InChI is InChI=1S/C33H48N2O10.C5H8N2OS/c1-3-4-6-27(37)34-12-15-41-17-18-42-16-13-35-29(39)43-14-5-10-31(40)20-26-33(45-26)30(2)11-9-22-21(7-8-24(22)36)23(30)19-25-32(33,44-25)28(31)38;8-5-6-3-1-9-2-4(3)7-5/h23,25-26,40H,3-20H2,1-2H3,(H,34,37)(H,35,39);3-4H,1-2H2,(H2,6,7,8). The van der Waals surface area contributed by atoms with Crippen LogP contribution in [0.4, 0.5) is 9.59 Å². The zero-order chi connectivity index (χ0) is 38.1. The number of alkyl carbamates (subject to hydrolysis) is 1. The van der Waals surface area contributed by atoms with Gasteiger partial charge in [0.1, 0.15) is 11.2 Å². The fourth-order valence-corrected chi connectivity index (χ4v) is 11.4. The van der Waals surface area contributed by atoms with Crippen molar-refractivity contribution in [3.63, 3.8) is 0 Å². The SMILES string of the molecule is CCCCC(=O)NCCOCCOCCNC(=O)OCCCC1(O)CC2OC23C2(C)CCC4=C(CCC4=O)C2CC2OC23C1=O.O=C1NC2CSCC2N1. The molecule has 4 heterocycles. The molecule has 15 nitrogen and oxygen atoms in total. The second-order valence-electron chi connectivity index (χ2n) is 16.1. The molecule has 4 saturated heterocycles. The van der Waals surface area contributed by atoms with Crippen molar-refractivity contribution in [1.82, 2.24) is 21.3 Å². The van der Waals surface area contributed by atoms with Crippen LogP contribution in [-0.2, 0) is 38.1 Å². The molecule has 5 N–H and O–H groups in total. The van der Waals surface area contributed by atoms with Crippen LogP contribution in [0.1, 0.15) is 84.5 Å². The highest BCUT2D eigenvalue weighted by Crippen LogP contribution is 2.79. The number of epoxide rings is 2. The molecule has 0 aromatic carbocycles. The number of fused-ring (bicyclic) bond motifs is 3. The zero-order valence-corrected chi connectivity index (χ0v) is 32.3. The molecule has 9 atom stereocenters. The van der Waals surface area contributed by atoms with E-state index in [0.29, 0.717) is 70.7 Å². The molecule has 0 radical (unpaired) electrons. The van der Waals surface area contributed by atoms with Crippen molar-refractivity contribution in [2.75, 3.05) is 57.6 Å². The van der Waals surface area contributed by atoms with E-state index in [0.717, 1.165) is 49.2 Å². The summed E-state index contributed by atoms with van der Waals surface area (Å²) in [6.45, 7) is 6.50. The number of thioether (sulfide) groups is 1. The molecule has 300 valence electrons. The molecule has 4 amide bonds. The Morgan fingerprint density at radius 1 is 0.926 bits per heavy atom. The molecule has 4 aliphatic carbocycles. The van der Waals surface area contributed by atoms with Gasteiger partial charge in [-0.3, -0.25) is 14.4 Å². The molecule has 54 heavy (non-hydrogen) atoms. The molecule has 0 aromatic rings. The van der Waals surface area contributed by atoms with Gasteiger partial charge in [-0.15, -0.1) is 0 Å². The third-order valence-corrected chi connectivity index (χ3v) is 14.1. The Kier molecular flexibility index (Phi) is 11.7. The van der Waals surface area contributed by atoms with Crippen LogP contribution < -0.4 is 21.3 Å². The van der Waals surface area contributed by atoms with Crippen LogP contribution in [0.15, 0.2) is 11.1 Å². The van der Waals surface area contributed by atoms with E-state index in [4.69, 9.17) is 23.7 Å². The van der Waals surface area contributed by atoms with Gasteiger partial charge in [0.15, 0.2) is 11.4 Å². The fourth-order valence-electron chi connectivity index (χ4n) is 10.1. The lowest BCUT2D eigenvalue weighted by Crippen LogP contribution is -2.68. The normalized spacial score (nSPS) is 37.6. The van der Waals surface area contributed by atoms with Gasteiger partial charge in [-0.2, -0.15) is 11.8 Å². The number of hydrogen-bond acceptors (Lipinski definition) is 12.